The van der Waals surface area contributed by atoms with Crippen LogP contribution in [0.25, 0.3) is 0 Å². The number of alkyl halides is 3. The summed E-state index contributed by atoms with van der Waals surface area (Å²) in [4.78, 5) is 14.6. The van der Waals surface area contributed by atoms with Gasteiger partial charge in [-0.25, -0.2) is 13.6 Å². The summed E-state index contributed by atoms with van der Waals surface area (Å²) in [5, 5.41) is 12.0. The summed E-state index contributed by atoms with van der Waals surface area (Å²) in [5.41, 5.74) is 3.09. The highest BCUT2D eigenvalue weighted by Crippen LogP contribution is 2.37. The van der Waals surface area contributed by atoms with Crippen molar-refractivity contribution in [2.24, 2.45) is 10.2 Å². The van der Waals surface area contributed by atoms with Crippen LogP contribution in [0.2, 0.25) is 0 Å². The molecule has 0 unspecified atom stereocenters. The first kappa shape index (κ1) is 29.2. The van der Waals surface area contributed by atoms with Gasteiger partial charge in [0.05, 0.1) is 23.5 Å². The van der Waals surface area contributed by atoms with Gasteiger partial charge < -0.3 is 10.2 Å². The molecule has 1 amide bonds. The summed E-state index contributed by atoms with van der Waals surface area (Å²) in [6, 6.07) is 16.2. The molecule has 0 fully saturated rings. The largest absolute Gasteiger partial charge is 0.416 e. The summed E-state index contributed by atoms with van der Waals surface area (Å²) >= 11 is 5.25. The molecule has 4 N–H and O–H groups in total. The number of benzene rings is 3. The summed E-state index contributed by atoms with van der Waals surface area (Å²) in [6.45, 7) is 5.62. The number of nitrogens with zero attached hydrogens (tertiary/aromatic N) is 2. The molecule has 0 bridgehead atoms. The number of anilines is 2. The van der Waals surface area contributed by atoms with Gasteiger partial charge in [-0.2, -0.15) is 18.3 Å². The first-order valence-corrected chi connectivity index (χ1v) is 13.9. The molecule has 0 spiro atoms. The van der Waals surface area contributed by atoms with Crippen LogP contribution in [0, 0.1) is 0 Å². The highest BCUT2D eigenvalue weighted by atomic mass is 32.2. The van der Waals surface area contributed by atoms with Gasteiger partial charge in [-0.1, -0.05) is 57.2 Å². The highest BCUT2D eigenvalue weighted by Gasteiger charge is 2.38. The predicted molar refractivity (Wildman–Crippen MR) is 151 cm³/mol. The van der Waals surface area contributed by atoms with E-state index in [4.69, 9.17) is 17.4 Å². The van der Waals surface area contributed by atoms with Crippen molar-refractivity contribution in [3.05, 3.63) is 89.0 Å². The van der Waals surface area contributed by atoms with E-state index < -0.39 is 27.7 Å². The van der Waals surface area contributed by atoms with E-state index in [0.717, 1.165) is 11.6 Å². The second kappa shape index (κ2) is 10.6. The molecule has 0 aliphatic carbocycles. The number of hydrazone groups is 1. The lowest BCUT2D eigenvalue weighted by atomic mass is 9.85. The molecule has 1 aliphatic heterocycles. The number of carbonyl (C=O) groups is 1. The number of amides is 1. The van der Waals surface area contributed by atoms with Crippen LogP contribution in [-0.2, 0) is 33.0 Å². The summed E-state index contributed by atoms with van der Waals surface area (Å²) < 4.78 is 64.8. The summed E-state index contributed by atoms with van der Waals surface area (Å²) in [5.74, 6) is -0.627. The van der Waals surface area contributed by atoms with Crippen molar-refractivity contribution in [1.29, 1.82) is 0 Å². The maximum Gasteiger partial charge on any atom is 0.416 e. The van der Waals surface area contributed by atoms with Gasteiger partial charge in [0.2, 0.25) is 10.0 Å². The Morgan fingerprint density at radius 3 is 2.33 bits per heavy atom. The number of sulfonamides is 1. The zero-order chi connectivity index (χ0) is 29.5. The van der Waals surface area contributed by atoms with Gasteiger partial charge >= 0.3 is 6.18 Å². The number of hydrogen-bond donors (Lipinski definition) is 3. The van der Waals surface area contributed by atoms with Crippen LogP contribution < -0.4 is 20.8 Å². The third-order valence-corrected chi connectivity index (χ3v) is 7.38. The molecule has 1 aliphatic rings. The van der Waals surface area contributed by atoms with Crippen molar-refractivity contribution in [1.82, 2.24) is 5.43 Å². The van der Waals surface area contributed by atoms with E-state index >= 15 is 0 Å². The maximum absolute atomic E-state index is 13.7. The highest BCUT2D eigenvalue weighted by molar-refractivity contribution is 7.89. The molecular formula is C27H26F3N5O3S2. The van der Waals surface area contributed by atoms with Gasteiger partial charge in [0.15, 0.2) is 10.8 Å². The third-order valence-electron chi connectivity index (χ3n) is 6.22. The lowest BCUT2D eigenvalue weighted by Crippen LogP contribution is -2.33. The fraction of sp³-hybridized carbons (Fsp3) is 0.222. The number of fused-ring (bicyclic) bond motifs is 1. The lowest BCUT2D eigenvalue weighted by molar-refractivity contribution is -0.138. The van der Waals surface area contributed by atoms with Crippen molar-refractivity contribution < 1.29 is 26.4 Å². The van der Waals surface area contributed by atoms with Crippen molar-refractivity contribution in [2.75, 3.05) is 10.2 Å². The Balaban J connectivity index is 1.70. The monoisotopic (exact) mass is 589 g/mol. The molecule has 3 aromatic rings. The number of thiocarbonyl (C=S) groups is 1. The van der Waals surface area contributed by atoms with Crippen LogP contribution in [0.4, 0.5) is 24.5 Å². The Morgan fingerprint density at radius 2 is 1.68 bits per heavy atom. The summed E-state index contributed by atoms with van der Waals surface area (Å²) in [7, 11) is -4.05. The fourth-order valence-electron chi connectivity index (χ4n) is 4.23. The zero-order valence-corrected chi connectivity index (χ0v) is 23.3. The average molecular weight is 590 g/mol. The van der Waals surface area contributed by atoms with Crippen LogP contribution in [0.3, 0.4) is 0 Å². The molecule has 0 saturated heterocycles. The van der Waals surface area contributed by atoms with Crippen LogP contribution in [-0.4, -0.2) is 25.1 Å². The normalized spacial score (nSPS) is 14.8. The van der Waals surface area contributed by atoms with Crippen LogP contribution in [0.15, 0.2) is 76.7 Å². The molecule has 1 heterocycles. The lowest BCUT2D eigenvalue weighted by Gasteiger charge is -2.22. The Kier molecular flexibility index (Phi) is 7.76. The van der Waals surface area contributed by atoms with E-state index in [0.29, 0.717) is 11.3 Å². The van der Waals surface area contributed by atoms with Crippen molar-refractivity contribution >= 4 is 50.3 Å². The number of nitrogens with two attached hydrogens (primary N) is 1. The van der Waals surface area contributed by atoms with Gasteiger partial charge in [-0.3, -0.25) is 10.2 Å². The van der Waals surface area contributed by atoms with Gasteiger partial charge in [-0.15, -0.1) is 0 Å². The minimum atomic E-state index is -4.60. The number of halogens is 3. The molecule has 0 aromatic heterocycles. The average Bonchev–Trinajstić information content (AvgIpc) is 3.11. The zero-order valence-electron chi connectivity index (χ0n) is 21.7. The number of nitrogens with one attached hydrogen (secondary N) is 2. The Bertz CT molecular complexity index is 1630. The maximum atomic E-state index is 13.7. The molecular weight excluding hydrogens is 563 g/mol. The Labute approximate surface area is 235 Å². The topological polar surface area (TPSA) is 117 Å². The second-order valence-electron chi connectivity index (χ2n) is 10.1. The first-order chi connectivity index (χ1) is 18.6. The number of hydrogen-bond acceptors (Lipinski definition) is 5. The van der Waals surface area contributed by atoms with Crippen LogP contribution in [0.1, 0.15) is 43.0 Å². The van der Waals surface area contributed by atoms with Crippen molar-refractivity contribution in [3.8, 4) is 0 Å². The molecule has 13 heteroatoms. The Morgan fingerprint density at radius 1 is 1.02 bits per heavy atom. The minimum Gasteiger partial charge on any atom is -0.330 e. The predicted octanol–water partition coefficient (Wildman–Crippen LogP) is 4.89. The molecule has 8 nitrogen and oxygen atoms in total. The molecule has 210 valence electrons. The van der Waals surface area contributed by atoms with E-state index in [1.54, 1.807) is 18.2 Å². The van der Waals surface area contributed by atoms with Gasteiger partial charge in [0, 0.05) is 5.56 Å². The van der Waals surface area contributed by atoms with Crippen molar-refractivity contribution in [2.45, 2.75) is 43.8 Å². The molecule has 0 atom stereocenters. The number of rotatable bonds is 5. The minimum absolute atomic E-state index is 0.0607. The fourth-order valence-corrected chi connectivity index (χ4v) is 5.07. The third kappa shape index (κ3) is 6.16. The first-order valence-electron chi connectivity index (χ1n) is 12.0. The van der Waals surface area contributed by atoms with E-state index in [9.17, 15) is 26.4 Å². The number of carbonyl (C=O) groups excluding carboxylic acids is 1. The quantitative estimate of drug-likeness (QED) is 0.288. The molecule has 0 radical (unpaired) electrons. The smallest absolute Gasteiger partial charge is 0.330 e. The SMILES string of the molecule is CC(C)(C)c1ccc2c(c1)C(=NNC(=S)Nc1ccccc1S(N)(=O)=O)C(=O)N2Cc1ccccc1C(F)(F)F. The molecule has 0 saturated carbocycles. The Hall–Kier alpha value is -3.81. The summed E-state index contributed by atoms with van der Waals surface area (Å²) in [6.07, 6.45) is -4.60. The second-order valence-corrected chi connectivity index (χ2v) is 12.0. The van der Waals surface area contributed by atoms with Gasteiger partial charge in [0.1, 0.15) is 4.90 Å². The van der Waals surface area contributed by atoms with Crippen LogP contribution in [0.5, 0.6) is 0 Å². The molecule has 40 heavy (non-hydrogen) atoms. The standard InChI is InChI=1S/C27H26F3N5O3S2/c1-26(2,3)17-12-13-21-18(14-17)23(24(36)35(21)15-16-8-4-5-9-19(16)27(28,29)30)33-34-25(39)32-20-10-6-7-11-22(20)40(31,37)38/h4-14H,15H2,1-3H3,(H2,31,37,38)(H2,32,34,39). The van der Waals surface area contributed by atoms with E-state index in [2.05, 4.69) is 15.8 Å². The molecule has 3 aromatic carbocycles. The van der Waals surface area contributed by atoms with E-state index in [1.165, 1.54) is 41.3 Å². The number of para-hydroxylation sites is 1. The van der Waals surface area contributed by atoms with E-state index in [1.807, 2.05) is 26.8 Å². The number of primary sulfonamides is 1. The van der Waals surface area contributed by atoms with Gasteiger partial charge in [0.25, 0.3) is 5.91 Å². The van der Waals surface area contributed by atoms with Gasteiger partial charge in [-0.05, 0) is 59.1 Å². The van der Waals surface area contributed by atoms with E-state index in [-0.39, 0.29) is 38.9 Å². The molecule has 4 rings (SSSR count). The van der Waals surface area contributed by atoms with Crippen molar-refractivity contribution in [3.63, 3.8) is 0 Å². The van der Waals surface area contributed by atoms with Crippen LogP contribution >= 0.6 is 12.2 Å².